The highest BCUT2D eigenvalue weighted by Crippen LogP contribution is 2.22. The summed E-state index contributed by atoms with van der Waals surface area (Å²) in [6, 6.07) is 7.89. The maximum Gasteiger partial charge on any atom is 0.238 e. The molecule has 110 valence electrons. The first-order valence-electron chi connectivity index (χ1n) is 7.37. The minimum absolute atomic E-state index is 0.0564. The lowest BCUT2D eigenvalue weighted by atomic mass is 9.87. The second-order valence-electron chi connectivity index (χ2n) is 5.91. The van der Waals surface area contributed by atoms with Crippen LogP contribution < -0.4 is 11.1 Å². The van der Waals surface area contributed by atoms with Crippen molar-refractivity contribution >= 4 is 11.6 Å². The Morgan fingerprint density at radius 3 is 3.00 bits per heavy atom. The van der Waals surface area contributed by atoms with Crippen LogP contribution in [-0.4, -0.2) is 37.0 Å². The second kappa shape index (κ2) is 6.86. The third kappa shape index (κ3) is 4.05. The van der Waals surface area contributed by atoms with Crippen LogP contribution in [0.5, 0.6) is 0 Å². The summed E-state index contributed by atoms with van der Waals surface area (Å²) in [7, 11) is 0. The molecule has 0 bridgehead atoms. The Kier molecular flexibility index (Phi) is 5.15. The molecule has 0 radical (unpaired) electrons. The number of benzene rings is 1. The number of hydrogen-bond acceptors (Lipinski definition) is 3. The van der Waals surface area contributed by atoms with Gasteiger partial charge >= 0.3 is 0 Å². The molecule has 0 aromatic heterocycles. The summed E-state index contributed by atoms with van der Waals surface area (Å²) in [6.45, 7) is 7.35. The molecule has 2 rings (SSSR count). The van der Waals surface area contributed by atoms with E-state index in [2.05, 4.69) is 17.1 Å². The first-order chi connectivity index (χ1) is 9.58. The maximum absolute atomic E-state index is 12.1. The van der Waals surface area contributed by atoms with E-state index >= 15 is 0 Å². The fourth-order valence-corrected chi connectivity index (χ4v) is 2.80. The molecule has 1 aromatic carbocycles. The van der Waals surface area contributed by atoms with Crippen LogP contribution in [0.25, 0.3) is 0 Å². The zero-order valence-corrected chi connectivity index (χ0v) is 12.4. The van der Waals surface area contributed by atoms with Crippen molar-refractivity contribution in [3.8, 4) is 0 Å². The van der Waals surface area contributed by atoms with Crippen molar-refractivity contribution < 1.29 is 4.79 Å². The highest BCUT2D eigenvalue weighted by Gasteiger charge is 2.26. The topological polar surface area (TPSA) is 58.4 Å². The van der Waals surface area contributed by atoms with Gasteiger partial charge in [0.2, 0.25) is 5.91 Å². The number of nitrogens with zero attached hydrogens (tertiary/aromatic N) is 1. The molecule has 1 saturated heterocycles. The predicted molar refractivity (Wildman–Crippen MR) is 82.6 cm³/mol. The number of piperidine rings is 1. The molecular weight excluding hydrogens is 250 g/mol. The summed E-state index contributed by atoms with van der Waals surface area (Å²) in [6.07, 6.45) is 1.12. The Hall–Kier alpha value is -1.39. The molecule has 4 heteroatoms. The molecular formula is C16H25N3O. The highest BCUT2D eigenvalue weighted by molar-refractivity contribution is 5.92. The Morgan fingerprint density at radius 1 is 1.50 bits per heavy atom. The molecule has 0 aliphatic carbocycles. The number of carbonyl (C=O) groups excluding carboxylic acids is 1. The van der Waals surface area contributed by atoms with Crippen LogP contribution in [0.15, 0.2) is 24.3 Å². The van der Waals surface area contributed by atoms with E-state index in [0.717, 1.165) is 30.8 Å². The monoisotopic (exact) mass is 275 g/mol. The van der Waals surface area contributed by atoms with Crippen molar-refractivity contribution in [1.82, 2.24) is 4.90 Å². The third-order valence-electron chi connectivity index (χ3n) is 4.17. The van der Waals surface area contributed by atoms with Gasteiger partial charge in [-0.25, -0.2) is 0 Å². The number of aryl methyl sites for hydroxylation is 1. The van der Waals surface area contributed by atoms with Gasteiger partial charge < -0.3 is 11.1 Å². The lowest BCUT2D eigenvalue weighted by molar-refractivity contribution is -0.117. The van der Waals surface area contributed by atoms with Gasteiger partial charge in [0.05, 0.1) is 6.54 Å². The van der Waals surface area contributed by atoms with Crippen LogP contribution in [0.1, 0.15) is 18.9 Å². The molecule has 3 N–H and O–H groups in total. The Labute approximate surface area is 121 Å². The number of hydrogen-bond donors (Lipinski definition) is 2. The van der Waals surface area contributed by atoms with Gasteiger partial charge in [0.25, 0.3) is 0 Å². The second-order valence-corrected chi connectivity index (χ2v) is 5.91. The zero-order valence-electron chi connectivity index (χ0n) is 12.4. The van der Waals surface area contributed by atoms with Gasteiger partial charge in [-0.3, -0.25) is 9.69 Å². The average molecular weight is 275 g/mol. The van der Waals surface area contributed by atoms with Gasteiger partial charge in [0.1, 0.15) is 0 Å². The van der Waals surface area contributed by atoms with Gasteiger partial charge in [0.15, 0.2) is 0 Å². The molecule has 1 aliphatic rings. The number of likely N-dealkylation sites (tertiary alicyclic amines) is 1. The average Bonchev–Trinajstić information content (AvgIpc) is 2.41. The van der Waals surface area contributed by atoms with Gasteiger partial charge in [0, 0.05) is 12.2 Å². The Morgan fingerprint density at radius 2 is 2.30 bits per heavy atom. The molecule has 2 unspecified atom stereocenters. The highest BCUT2D eigenvalue weighted by atomic mass is 16.2. The van der Waals surface area contributed by atoms with Crippen molar-refractivity contribution in [3.63, 3.8) is 0 Å². The van der Waals surface area contributed by atoms with Crippen LogP contribution in [0, 0.1) is 18.8 Å². The summed E-state index contributed by atoms with van der Waals surface area (Å²) in [5, 5.41) is 2.96. The predicted octanol–water partition coefficient (Wildman–Crippen LogP) is 1.85. The zero-order chi connectivity index (χ0) is 14.5. The van der Waals surface area contributed by atoms with Crippen LogP contribution in [0.4, 0.5) is 5.69 Å². The van der Waals surface area contributed by atoms with E-state index in [0.29, 0.717) is 24.9 Å². The van der Waals surface area contributed by atoms with E-state index in [9.17, 15) is 4.79 Å². The lowest BCUT2D eigenvalue weighted by Crippen LogP contribution is -2.45. The quantitative estimate of drug-likeness (QED) is 0.881. The number of amides is 1. The number of nitrogens with two attached hydrogens (primary N) is 1. The minimum atomic E-state index is 0.0564. The van der Waals surface area contributed by atoms with Crippen LogP contribution in [0.2, 0.25) is 0 Å². The number of nitrogens with one attached hydrogen (secondary N) is 1. The van der Waals surface area contributed by atoms with E-state index < -0.39 is 0 Å². The van der Waals surface area contributed by atoms with Crippen molar-refractivity contribution in [2.24, 2.45) is 17.6 Å². The molecule has 0 saturated carbocycles. The normalized spacial score (nSPS) is 23.6. The molecule has 1 aromatic rings. The summed E-state index contributed by atoms with van der Waals surface area (Å²) in [5.74, 6) is 1.23. The Bertz CT molecular complexity index is 461. The fourth-order valence-electron chi connectivity index (χ4n) is 2.80. The number of anilines is 1. The molecule has 4 nitrogen and oxygen atoms in total. The smallest absolute Gasteiger partial charge is 0.238 e. The lowest BCUT2D eigenvalue weighted by Gasteiger charge is -2.36. The Balaban J connectivity index is 1.85. The van der Waals surface area contributed by atoms with Gasteiger partial charge in [-0.05, 0) is 56.0 Å². The largest absolute Gasteiger partial charge is 0.330 e. The first-order valence-corrected chi connectivity index (χ1v) is 7.37. The standard InChI is InChI=1S/C16H25N3O/c1-12-4-3-5-15(8-12)18-16(20)11-19-7-6-13(2)14(9-17)10-19/h3-5,8,13-14H,6-7,9-11,17H2,1-2H3,(H,18,20). The molecule has 20 heavy (non-hydrogen) atoms. The van der Waals surface area contributed by atoms with E-state index in [-0.39, 0.29) is 5.91 Å². The van der Waals surface area contributed by atoms with Crippen LogP contribution >= 0.6 is 0 Å². The molecule has 1 aliphatic heterocycles. The van der Waals surface area contributed by atoms with E-state index in [1.807, 2.05) is 31.2 Å². The maximum atomic E-state index is 12.1. The van der Waals surface area contributed by atoms with E-state index in [1.54, 1.807) is 0 Å². The fraction of sp³-hybridized carbons (Fsp3) is 0.562. The molecule has 1 amide bonds. The van der Waals surface area contributed by atoms with Gasteiger partial charge in [-0.2, -0.15) is 0 Å². The van der Waals surface area contributed by atoms with E-state index in [4.69, 9.17) is 5.73 Å². The van der Waals surface area contributed by atoms with Gasteiger partial charge in [-0.15, -0.1) is 0 Å². The minimum Gasteiger partial charge on any atom is -0.330 e. The number of rotatable bonds is 4. The number of carbonyl (C=O) groups is 1. The molecule has 0 spiro atoms. The summed E-state index contributed by atoms with van der Waals surface area (Å²) >= 11 is 0. The third-order valence-corrected chi connectivity index (χ3v) is 4.17. The molecule has 2 atom stereocenters. The first kappa shape index (κ1) is 15.0. The molecule has 1 heterocycles. The van der Waals surface area contributed by atoms with Crippen molar-refractivity contribution in [2.45, 2.75) is 20.3 Å². The van der Waals surface area contributed by atoms with Crippen molar-refractivity contribution in [3.05, 3.63) is 29.8 Å². The summed E-state index contributed by atoms with van der Waals surface area (Å²) in [5.41, 5.74) is 7.82. The van der Waals surface area contributed by atoms with E-state index in [1.165, 1.54) is 0 Å². The van der Waals surface area contributed by atoms with Crippen LogP contribution in [0.3, 0.4) is 0 Å². The van der Waals surface area contributed by atoms with Gasteiger partial charge in [-0.1, -0.05) is 19.1 Å². The summed E-state index contributed by atoms with van der Waals surface area (Å²) < 4.78 is 0. The summed E-state index contributed by atoms with van der Waals surface area (Å²) in [4.78, 5) is 14.3. The van der Waals surface area contributed by atoms with Crippen LogP contribution in [-0.2, 0) is 4.79 Å². The molecule has 1 fully saturated rings. The van der Waals surface area contributed by atoms with Crippen molar-refractivity contribution in [2.75, 3.05) is 31.5 Å². The SMILES string of the molecule is Cc1cccc(NC(=O)CN2CCC(C)C(CN)C2)c1. The van der Waals surface area contributed by atoms with Crippen molar-refractivity contribution in [1.29, 1.82) is 0 Å².